The van der Waals surface area contributed by atoms with Crippen molar-refractivity contribution >= 4 is 22.9 Å². The third-order valence-electron chi connectivity index (χ3n) is 4.64. The van der Waals surface area contributed by atoms with Crippen LogP contribution in [0.5, 0.6) is 0 Å². The monoisotopic (exact) mass is 380 g/mol. The summed E-state index contributed by atoms with van der Waals surface area (Å²) in [5, 5.41) is 16.2. The molecule has 8 heteroatoms. The minimum Gasteiger partial charge on any atom is -0.349 e. The molecule has 27 heavy (non-hydrogen) atoms. The Morgan fingerprint density at radius 1 is 1.22 bits per heavy atom. The largest absolute Gasteiger partial charge is 0.349 e. The second-order valence-electron chi connectivity index (χ2n) is 6.34. The van der Waals surface area contributed by atoms with Crippen LogP contribution in [0.15, 0.2) is 42.4 Å². The first-order valence-corrected chi connectivity index (χ1v) is 9.79. The van der Waals surface area contributed by atoms with Crippen molar-refractivity contribution < 1.29 is 4.79 Å². The molecule has 4 rings (SSSR count). The topological polar surface area (TPSA) is 88.0 Å². The van der Waals surface area contributed by atoms with Crippen LogP contribution in [0.2, 0.25) is 0 Å². The highest BCUT2D eigenvalue weighted by Gasteiger charge is 2.16. The second kappa shape index (κ2) is 7.32. The number of hydrogen-bond acceptors (Lipinski definition) is 5. The number of nitrogens with one attached hydrogen (secondary N) is 2. The number of thiophene rings is 1. The zero-order chi connectivity index (χ0) is 18.8. The molecular weight excluding hydrogens is 360 g/mol. The lowest BCUT2D eigenvalue weighted by Gasteiger charge is -2.13. The Kier molecular flexibility index (Phi) is 4.72. The van der Waals surface area contributed by atoms with Crippen molar-refractivity contribution in [3.8, 4) is 22.3 Å². The summed E-state index contributed by atoms with van der Waals surface area (Å²) in [6.45, 7) is 4.16. The van der Waals surface area contributed by atoms with E-state index in [9.17, 15) is 4.79 Å². The molecule has 0 spiro atoms. The van der Waals surface area contributed by atoms with E-state index < -0.39 is 0 Å². The number of H-pyrrole nitrogens is 1. The van der Waals surface area contributed by atoms with E-state index >= 15 is 0 Å². The first-order valence-electron chi connectivity index (χ1n) is 8.92. The summed E-state index contributed by atoms with van der Waals surface area (Å²) in [7, 11) is 0. The maximum absolute atomic E-state index is 12.4. The molecule has 0 aliphatic heterocycles. The van der Waals surface area contributed by atoms with Crippen LogP contribution in [0.25, 0.3) is 27.9 Å². The molecule has 0 fully saturated rings. The van der Waals surface area contributed by atoms with E-state index in [1.54, 1.807) is 23.1 Å². The van der Waals surface area contributed by atoms with Crippen molar-refractivity contribution in [1.82, 2.24) is 30.1 Å². The van der Waals surface area contributed by atoms with Gasteiger partial charge in [0.15, 0.2) is 5.65 Å². The second-order valence-corrected chi connectivity index (χ2v) is 7.25. The van der Waals surface area contributed by atoms with Crippen LogP contribution < -0.4 is 5.32 Å². The SMILES string of the molecule is CCC(CC)NC(=O)c1cc(-c2cnn3cc(-c4cn[nH]c4)cnc23)cs1. The minimum absolute atomic E-state index is 0.0216. The van der Waals surface area contributed by atoms with Gasteiger partial charge in [0.2, 0.25) is 0 Å². The number of aromatic nitrogens is 5. The molecule has 1 amide bonds. The molecule has 0 radical (unpaired) electrons. The lowest BCUT2D eigenvalue weighted by Crippen LogP contribution is -2.33. The predicted octanol–water partition coefficient (Wildman–Crippen LogP) is 3.77. The third-order valence-corrected chi connectivity index (χ3v) is 5.57. The van der Waals surface area contributed by atoms with E-state index in [0.29, 0.717) is 4.88 Å². The molecule has 0 bridgehead atoms. The van der Waals surface area contributed by atoms with E-state index in [1.807, 2.05) is 23.8 Å². The number of rotatable bonds is 6. The van der Waals surface area contributed by atoms with Crippen molar-refractivity contribution in [2.75, 3.05) is 0 Å². The fraction of sp³-hybridized carbons (Fsp3) is 0.263. The Morgan fingerprint density at radius 2 is 2.07 bits per heavy atom. The van der Waals surface area contributed by atoms with Gasteiger partial charge in [0.1, 0.15) is 0 Å². The Labute approximate surface area is 160 Å². The van der Waals surface area contributed by atoms with Crippen LogP contribution >= 0.6 is 11.3 Å². The van der Waals surface area contributed by atoms with Gasteiger partial charge in [-0.25, -0.2) is 9.50 Å². The zero-order valence-corrected chi connectivity index (χ0v) is 16.0. The number of nitrogens with zero attached hydrogens (tertiary/aromatic N) is 4. The van der Waals surface area contributed by atoms with Gasteiger partial charge in [0, 0.05) is 41.3 Å². The highest BCUT2D eigenvalue weighted by Crippen LogP contribution is 2.29. The van der Waals surface area contributed by atoms with Gasteiger partial charge in [0.25, 0.3) is 5.91 Å². The smallest absolute Gasteiger partial charge is 0.261 e. The van der Waals surface area contributed by atoms with Crippen LogP contribution in [0.4, 0.5) is 0 Å². The van der Waals surface area contributed by atoms with E-state index in [0.717, 1.165) is 40.7 Å². The Balaban J connectivity index is 1.61. The third kappa shape index (κ3) is 3.35. The number of fused-ring (bicyclic) bond motifs is 1. The fourth-order valence-corrected chi connectivity index (χ4v) is 3.79. The first-order chi connectivity index (χ1) is 13.2. The van der Waals surface area contributed by atoms with Gasteiger partial charge >= 0.3 is 0 Å². The molecule has 2 N–H and O–H groups in total. The molecule has 0 saturated carbocycles. The summed E-state index contributed by atoms with van der Waals surface area (Å²) in [6, 6.07) is 2.12. The van der Waals surface area contributed by atoms with Crippen molar-refractivity contribution in [3.05, 3.63) is 47.3 Å². The van der Waals surface area contributed by atoms with Crippen molar-refractivity contribution in [1.29, 1.82) is 0 Å². The van der Waals surface area contributed by atoms with Crippen molar-refractivity contribution in [3.63, 3.8) is 0 Å². The molecule has 0 unspecified atom stereocenters. The summed E-state index contributed by atoms with van der Waals surface area (Å²) in [5.74, 6) is -0.0216. The highest BCUT2D eigenvalue weighted by molar-refractivity contribution is 7.12. The first kappa shape index (κ1) is 17.4. The number of amides is 1. The molecule has 7 nitrogen and oxygen atoms in total. The normalized spacial score (nSPS) is 11.4. The van der Waals surface area contributed by atoms with Crippen LogP contribution in [0, 0.1) is 0 Å². The van der Waals surface area contributed by atoms with Crippen LogP contribution in [0.3, 0.4) is 0 Å². The van der Waals surface area contributed by atoms with E-state index in [-0.39, 0.29) is 11.9 Å². The molecule has 0 saturated heterocycles. The van der Waals surface area contributed by atoms with Gasteiger partial charge in [-0.1, -0.05) is 13.8 Å². The number of carbonyl (C=O) groups excluding carboxylic acids is 1. The van der Waals surface area contributed by atoms with Crippen LogP contribution in [0.1, 0.15) is 36.4 Å². The van der Waals surface area contributed by atoms with Gasteiger partial charge in [-0.05, 0) is 29.9 Å². The number of hydrogen-bond donors (Lipinski definition) is 2. The van der Waals surface area contributed by atoms with E-state index in [4.69, 9.17) is 0 Å². The van der Waals surface area contributed by atoms with Gasteiger partial charge < -0.3 is 5.32 Å². The van der Waals surface area contributed by atoms with Crippen molar-refractivity contribution in [2.24, 2.45) is 0 Å². The maximum atomic E-state index is 12.4. The average molecular weight is 380 g/mol. The van der Waals surface area contributed by atoms with Crippen molar-refractivity contribution in [2.45, 2.75) is 32.7 Å². The Hall–Kier alpha value is -3.00. The van der Waals surface area contributed by atoms with Gasteiger partial charge in [-0.2, -0.15) is 10.2 Å². The summed E-state index contributed by atoms with van der Waals surface area (Å²) in [6.07, 6.45) is 10.9. The molecule has 4 aromatic rings. The summed E-state index contributed by atoms with van der Waals surface area (Å²) < 4.78 is 1.75. The maximum Gasteiger partial charge on any atom is 0.261 e. The standard InChI is InChI=1S/C19H20N6OS/c1-3-15(4-2)24-19(26)17-5-12(11-27-17)16-9-23-25-10-14(6-20-18(16)25)13-7-21-22-8-13/h5-11,15H,3-4H2,1-2H3,(H,21,22)(H,24,26). The molecule has 4 aromatic heterocycles. The number of aromatic amines is 1. The lowest BCUT2D eigenvalue weighted by molar-refractivity contribution is 0.0939. The molecule has 0 atom stereocenters. The quantitative estimate of drug-likeness (QED) is 0.533. The van der Waals surface area contributed by atoms with Crippen LogP contribution in [-0.4, -0.2) is 36.7 Å². The predicted molar refractivity (Wildman–Crippen MR) is 106 cm³/mol. The molecule has 4 heterocycles. The van der Waals surface area contributed by atoms with Crippen LogP contribution in [-0.2, 0) is 0 Å². The minimum atomic E-state index is -0.0216. The summed E-state index contributed by atoms with van der Waals surface area (Å²) >= 11 is 1.44. The Morgan fingerprint density at radius 3 is 2.81 bits per heavy atom. The van der Waals surface area contributed by atoms with Gasteiger partial charge in [0.05, 0.1) is 17.3 Å². The Bertz CT molecular complexity index is 1060. The molecular formula is C19H20N6OS. The van der Waals surface area contributed by atoms with E-state index in [1.165, 1.54) is 11.3 Å². The molecule has 138 valence electrons. The molecule has 0 aromatic carbocycles. The van der Waals surface area contributed by atoms with Gasteiger partial charge in [-0.3, -0.25) is 9.89 Å². The van der Waals surface area contributed by atoms with Gasteiger partial charge in [-0.15, -0.1) is 11.3 Å². The zero-order valence-electron chi connectivity index (χ0n) is 15.1. The summed E-state index contributed by atoms with van der Waals surface area (Å²) in [4.78, 5) is 17.7. The molecule has 0 aliphatic rings. The van der Waals surface area contributed by atoms with E-state index in [2.05, 4.69) is 39.4 Å². The average Bonchev–Trinajstić information content (AvgIpc) is 3.45. The lowest BCUT2D eigenvalue weighted by atomic mass is 10.1. The number of carbonyl (C=O) groups is 1. The summed E-state index contributed by atoms with van der Waals surface area (Å²) in [5.41, 5.74) is 4.51. The fourth-order valence-electron chi connectivity index (χ4n) is 2.98. The highest BCUT2D eigenvalue weighted by atomic mass is 32.1. The molecule has 0 aliphatic carbocycles.